The number of pyridine rings is 1. The number of benzene rings is 1. The molecule has 0 fully saturated rings. The molecule has 0 aliphatic heterocycles. The summed E-state index contributed by atoms with van der Waals surface area (Å²) in [6.45, 7) is 2.23. The maximum atomic E-state index is 12.4. The highest BCUT2D eigenvalue weighted by atomic mass is 19.4. The number of carbonyl (C=O) groups excluding carboxylic acids is 1. The van der Waals surface area contributed by atoms with E-state index in [9.17, 15) is 18.0 Å². The standard InChI is InChI=1S/C21H19F3N6O3/c1-12(2)33-16-6-14(5-15(8-16)28-20(31)26-10-21(22,23)24)17-9-25-18-7-13(3-4-30(17)18)19-29-27-11-32-19/h3-9,11-12H,10H2,1-2H3,(H2,26,28,31). The summed E-state index contributed by atoms with van der Waals surface area (Å²) < 4.78 is 50.0. The van der Waals surface area contributed by atoms with Crippen molar-refractivity contribution in [2.24, 2.45) is 0 Å². The second kappa shape index (κ2) is 8.81. The fourth-order valence-corrected chi connectivity index (χ4v) is 3.14. The zero-order chi connectivity index (χ0) is 23.6. The molecule has 33 heavy (non-hydrogen) atoms. The molecule has 172 valence electrons. The van der Waals surface area contributed by atoms with Gasteiger partial charge < -0.3 is 19.8 Å². The third-order valence-electron chi connectivity index (χ3n) is 4.40. The van der Waals surface area contributed by atoms with E-state index in [1.807, 2.05) is 18.2 Å². The van der Waals surface area contributed by atoms with Crippen molar-refractivity contribution in [1.29, 1.82) is 0 Å². The molecule has 2 N–H and O–H groups in total. The number of rotatable bonds is 6. The molecule has 3 aromatic heterocycles. The first-order valence-corrected chi connectivity index (χ1v) is 9.85. The van der Waals surface area contributed by atoms with E-state index in [0.717, 1.165) is 0 Å². The van der Waals surface area contributed by atoms with Crippen LogP contribution in [0, 0.1) is 0 Å². The molecule has 0 saturated carbocycles. The highest BCUT2D eigenvalue weighted by molar-refractivity contribution is 5.90. The summed E-state index contributed by atoms with van der Waals surface area (Å²) in [5.41, 5.74) is 2.87. The number of halogens is 3. The van der Waals surface area contributed by atoms with Crippen molar-refractivity contribution in [2.75, 3.05) is 11.9 Å². The molecule has 0 aliphatic rings. The summed E-state index contributed by atoms with van der Waals surface area (Å²) in [7, 11) is 0. The number of fused-ring (bicyclic) bond motifs is 1. The van der Waals surface area contributed by atoms with Gasteiger partial charge in [-0.15, -0.1) is 10.2 Å². The van der Waals surface area contributed by atoms with Crippen molar-refractivity contribution >= 4 is 17.4 Å². The fourth-order valence-electron chi connectivity index (χ4n) is 3.14. The Morgan fingerprint density at radius 3 is 2.73 bits per heavy atom. The van der Waals surface area contributed by atoms with Gasteiger partial charge in [0.1, 0.15) is 17.9 Å². The van der Waals surface area contributed by atoms with Crippen LogP contribution >= 0.6 is 0 Å². The number of amides is 2. The summed E-state index contributed by atoms with van der Waals surface area (Å²) in [6, 6.07) is 7.48. The zero-order valence-corrected chi connectivity index (χ0v) is 17.6. The van der Waals surface area contributed by atoms with Crippen molar-refractivity contribution in [2.45, 2.75) is 26.1 Å². The second-order valence-corrected chi connectivity index (χ2v) is 7.37. The van der Waals surface area contributed by atoms with Crippen molar-refractivity contribution in [3.05, 3.63) is 49.1 Å². The van der Waals surface area contributed by atoms with Crippen LogP contribution in [0.25, 0.3) is 28.4 Å². The summed E-state index contributed by atoms with van der Waals surface area (Å²) in [5.74, 6) is 0.789. The number of nitrogens with one attached hydrogen (secondary N) is 2. The van der Waals surface area contributed by atoms with Gasteiger partial charge >= 0.3 is 12.2 Å². The molecule has 4 aromatic rings. The topological polar surface area (TPSA) is 107 Å². The molecule has 3 heterocycles. The van der Waals surface area contributed by atoms with Gasteiger partial charge in [-0.05, 0) is 38.1 Å². The minimum absolute atomic E-state index is 0.161. The van der Waals surface area contributed by atoms with Gasteiger partial charge in [0.15, 0.2) is 0 Å². The minimum atomic E-state index is -4.51. The van der Waals surface area contributed by atoms with E-state index < -0.39 is 18.8 Å². The van der Waals surface area contributed by atoms with Gasteiger partial charge in [0.2, 0.25) is 12.3 Å². The summed E-state index contributed by atoms with van der Waals surface area (Å²) >= 11 is 0. The van der Waals surface area contributed by atoms with Crippen LogP contribution in [0.15, 0.2) is 53.5 Å². The number of hydrogen-bond donors (Lipinski definition) is 2. The number of urea groups is 1. The van der Waals surface area contributed by atoms with Gasteiger partial charge in [-0.25, -0.2) is 9.78 Å². The average molecular weight is 460 g/mol. The third kappa shape index (κ3) is 5.40. The Hall–Kier alpha value is -4.09. The number of aromatic nitrogens is 4. The lowest BCUT2D eigenvalue weighted by molar-refractivity contribution is -0.122. The van der Waals surface area contributed by atoms with Crippen LogP contribution in [0.1, 0.15) is 13.8 Å². The van der Waals surface area contributed by atoms with Crippen molar-refractivity contribution in [3.8, 4) is 28.5 Å². The quantitative estimate of drug-likeness (QED) is 0.438. The lowest BCUT2D eigenvalue weighted by Crippen LogP contribution is -2.36. The molecule has 4 rings (SSSR count). The number of carbonyl (C=O) groups is 1. The Labute approximate surface area is 185 Å². The largest absolute Gasteiger partial charge is 0.491 e. The number of imidazole rings is 1. The first-order valence-electron chi connectivity index (χ1n) is 9.85. The molecule has 0 aliphatic carbocycles. The molecule has 0 unspecified atom stereocenters. The lowest BCUT2D eigenvalue weighted by Gasteiger charge is -2.15. The van der Waals surface area contributed by atoms with Crippen LogP contribution in [-0.4, -0.2) is 44.4 Å². The molecular weight excluding hydrogens is 441 g/mol. The molecule has 0 bridgehead atoms. The van der Waals surface area contributed by atoms with E-state index in [0.29, 0.717) is 34.1 Å². The molecule has 0 saturated heterocycles. The SMILES string of the molecule is CC(C)Oc1cc(NC(=O)NCC(F)(F)F)cc(-c2cnc3cc(-c4nnco4)ccn23)c1. The van der Waals surface area contributed by atoms with Gasteiger partial charge in [0, 0.05) is 29.1 Å². The van der Waals surface area contributed by atoms with Crippen LogP contribution < -0.4 is 15.4 Å². The molecule has 0 radical (unpaired) electrons. The molecule has 0 atom stereocenters. The van der Waals surface area contributed by atoms with Crippen LogP contribution in [0.2, 0.25) is 0 Å². The summed E-state index contributed by atoms with van der Waals surface area (Å²) in [6.07, 6.45) is -0.0328. The smallest absolute Gasteiger partial charge is 0.405 e. The van der Waals surface area contributed by atoms with Crippen LogP contribution in [0.5, 0.6) is 5.75 Å². The predicted molar refractivity (Wildman–Crippen MR) is 113 cm³/mol. The van der Waals surface area contributed by atoms with Gasteiger partial charge in [0.25, 0.3) is 0 Å². The Morgan fingerprint density at radius 1 is 1.21 bits per heavy atom. The third-order valence-corrected chi connectivity index (χ3v) is 4.40. The number of alkyl halides is 3. The normalized spacial score (nSPS) is 11.7. The Balaban J connectivity index is 1.66. The van der Waals surface area contributed by atoms with E-state index in [1.165, 1.54) is 12.5 Å². The van der Waals surface area contributed by atoms with Crippen LogP contribution in [0.4, 0.5) is 23.7 Å². The van der Waals surface area contributed by atoms with Crippen LogP contribution in [-0.2, 0) is 0 Å². The van der Waals surface area contributed by atoms with Gasteiger partial charge in [-0.3, -0.25) is 4.40 Å². The van der Waals surface area contributed by atoms with Crippen molar-refractivity contribution in [3.63, 3.8) is 0 Å². The summed E-state index contributed by atoms with van der Waals surface area (Å²) in [5, 5.41) is 11.7. The molecule has 9 nitrogen and oxygen atoms in total. The van der Waals surface area contributed by atoms with E-state index in [2.05, 4.69) is 20.5 Å². The predicted octanol–water partition coefficient (Wildman–Crippen LogP) is 4.52. The first kappa shape index (κ1) is 22.1. The molecule has 0 spiro atoms. The van der Waals surface area contributed by atoms with E-state index in [4.69, 9.17) is 9.15 Å². The van der Waals surface area contributed by atoms with E-state index in [-0.39, 0.29) is 11.8 Å². The Kier molecular flexibility index (Phi) is 5.90. The zero-order valence-electron chi connectivity index (χ0n) is 17.6. The molecule has 2 amide bonds. The molecule has 1 aromatic carbocycles. The molecule has 12 heteroatoms. The second-order valence-electron chi connectivity index (χ2n) is 7.37. The minimum Gasteiger partial charge on any atom is -0.491 e. The monoisotopic (exact) mass is 460 g/mol. The maximum Gasteiger partial charge on any atom is 0.405 e. The summed E-state index contributed by atoms with van der Waals surface area (Å²) in [4.78, 5) is 16.4. The lowest BCUT2D eigenvalue weighted by atomic mass is 10.1. The number of nitrogens with zero attached hydrogens (tertiary/aromatic N) is 4. The van der Waals surface area contributed by atoms with Gasteiger partial charge in [-0.2, -0.15) is 13.2 Å². The van der Waals surface area contributed by atoms with E-state index >= 15 is 0 Å². The van der Waals surface area contributed by atoms with Gasteiger partial charge in [0.05, 0.1) is 18.0 Å². The molecular formula is C21H19F3N6O3. The van der Waals surface area contributed by atoms with Crippen LogP contribution in [0.3, 0.4) is 0 Å². The maximum absolute atomic E-state index is 12.4. The first-order chi connectivity index (χ1) is 15.7. The number of hydrogen-bond acceptors (Lipinski definition) is 6. The Bertz CT molecular complexity index is 1270. The fraction of sp³-hybridized carbons (Fsp3) is 0.238. The highest BCUT2D eigenvalue weighted by Gasteiger charge is 2.27. The van der Waals surface area contributed by atoms with E-state index in [1.54, 1.807) is 42.0 Å². The number of ether oxygens (including phenoxy) is 1. The van der Waals surface area contributed by atoms with Crippen molar-refractivity contribution < 1.29 is 27.1 Å². The average Bonchev–Trinajstić information content (AvgIpc) is 3.40. The highest BCUT2D eigenvalue weighted by Crippen LogP contribution is 2.31. The number of anilines is 1. The van der Waals surface area contributed by atoms with Gasteiger partial charge in [-0.1, -0.05) is 0 Å². The van der Waals surface area contributed by atoms with Crippen molar-refractivity contribution in [1.82, 2.24) is 24.9 Å². The Morgan fingerprint density at radius 2 is 2.03 bits per heavy atom.